The summed E-state index contributed by atoms with van der Waals surface area (Å²) in [7, 11) is 0. The van der Waals surface area contributed by atoms with Crippen LogP contribution in [0.4, 0.5) is 0 Å². The van der Waals surface area contributed by atoms with Gasteiger partial charge in [0.2, 0.25) is 0 Å². The molecule has 1 rings (SSSR count). The maximum absolute atomic E-state index is 3.65. The standard InChI is InChI=1S/C12H25N/c1-3-4-10-13-11(2)12-8-6-5-7-9-12/h11-13H,3-10H2,1-2H3/t11-/m1/s1. The van der Waals surface area contributed by atoms with Gasteiger partial charge in [-0.3, -0.25) is 0 Å². The summed E-state index contributed by atoms with van der Waals surface area (Å²) in [5.74, 6) is 0.964. The number of hydrogen-bond acceptors (Lipinski definition) is 1. The van der Waals surface area contributed by atoms with Crippen LogP contribution in [0.1, 0.15) is 58.8 Å². The van der Waals surface area contributed by atoms with Crippen molar-refractivity contribution >= 4 is 0 Å². The van der Waals surface area contributed by atoms with Crippen LogP contribution in [-0.2, 0) is 0 Å². The zero-order valence-corrected chi connectivity index (χ0v) is 9.31. The first-order valence-electron chi connectivity index (χ1n) is 6.08. The van der Waals surface area contributed by atoms with E-state index in [2.05, 4.69) is 19.2 Å². The summed E-state index contributed by atoms with van der Waals surface area (Å²) in [6.45, 7) is 5.84. The third kappa shape index (κ3) is 4.12. The second-order valence-electron chi connectivity index (χ2n) is 4.49. The molecule has 0 radical (unpaired) electrons. The molecule has 0 saturated heterocycles. The molecule has 78 valence electrons. The lowest BCUT2D eigenvalue weighted by Gasteiger charge is -2.28. The summed E-state index contributed by atoms with van der Waals surface area (Å²) in [6, 6.07) is 0.756. The molecular formula is C12H25N. The van der Waals surface area contributed by atoms with Gasteiger partial charge in [0.1, 0.15) is 0 Å². The van der Waals surface area contributed by atoms with Gasteiger partial charge < -0.3 is 5.32 Å². The predicted molar refractivity (Wildman–Crippen MR) is 58.9 cm³/mol. The van der Waals surface area contributed by atoms with Gasteiger partial charge in [0.25, 0.3) is 0 Å². The zero-order valence-electron chi connectivity index (χ0n) is 9.31. The van der Waals surface area contributed by atoms with Crippen molar-refractivity contribution in [3.63, 3.8) is 0 Å². The fourth-order valence-electron chi connectivity index (χ4n) is 2.31. The smallest absolute Gasteiger partial charge is 0.00669 e. The molecule has 0 heterocycles. The lowest BCUT2D eigenvalue weighted by Crippen LogP contribution is -2.35. The average molecular weight is 183 g/mol. The Morgan fingerprint density at radius 2 is 1.92 bits per heavy atom. The number of hydrogen-bond donors (Lipinski definition) is 1. The maximum Gasteiger partial charge on any atom is 0.00669 e. The molecule has 0 aromatic heterocycles. The molecule has 1 atom stereocenters. The van der Waals surface area contributed by atoms with Crippen LogP contribution in [0.15, 0.2) is 0 Å². The Morgan fingerprint density at radius 3 is 2.54 bits per heavy atom. The van der Waals surface area contributed by atoms with Crippen LogP contribution < -0.4 is 5.32 Å². The predicted octanol–water partition coefficient (Wildman–Crippen LogP) is 3.34. The van der Waals surface area contributed by atoms with Crippen molar-refractivity contribution in [1.29, 1.82) is 0 Å². The lowest BCUT2D eigenvalue weighted by molar-refractivity contribution is 0.281. The maximum atomic E-state index is 3.65. The van der Waals surface area contributed by atoms with E-state index in [9.17, 15) is 0 Å². The number of nitrogens with one attached hydrogen (secondary N) is 1. The number of unbranched alkanes of at least 4 members (excludes halogenated alkanes) is 1. The molecule has 0 aromatic rings. The molecule has 0 spiro atoms. The number of rotatable bonds is 5. The van der Waals surface area contributed by atoms with E-state index < -0.39 is 0 Å². The molecule has 1 heteroatoms. The Labute approximate surface area is 83.3 Å². The molecule has 1 aliphatic rings. The normalized spacial score (nSPS) is 21.7. The van der Waals surface area contributed by atoms with Gasteiger partial charge in [-0.1, -0.05) is 32.6 Å². The molecule has 1 aliphatic carbocycles. The Kier molecular flexibility index (Phi) is 5.45. The lowest BCUT2D eigenvalue weighted by atomic mass is 9.84. The Balaban J connectivity index is 2.09. The highest BCUT2D eigenvalue weighted by atomic mass is 14.9. The van der Waals surface area contributed by atoms with Crippen LogP contribution in [0.3, 0.4) is 0 Å². The minimum atomic E-state index is 0.756. The SMILES string of the molecule is CCCCN[C@H](C)C1CCCCC1. The van der Waals surface area contributed by atoms with Gasteiger partial charge >= 0.3 is 0 Å². The van der Waals surface area contributed by atoms with Gasteiger partial charge in [0.15, 0.2) is 0 Å². The van der Waals surface area contributed by atoms with Gasteiger partial charge in [0.05, 0.1) is 0 Å². The van der Waals surface area contributed by atoms with E-state index in [4.69, 9.17) is 0 Å². The van der Waals surface area contributed by atoms with Gasteiger partial charge in [0, 0.05) is 6.04 Å². The molecule has 0 aliphatic heterocycles. The van der Waals surface area contributed by atoms with Crippen LogP contribution in [-0.4, -0.2) is 12.6 Å². The third-order valence-electron chi connectivity index (χ3n) is 3.35. The highest BCUT2D eigenvalue weighted by Gasteiger charge is 2.18. The van der Waals surface area contributed by atoms with Crippen molar-refractivity contribution in [2.24, 2.45) is 5.92 Å². The monoisotopic (exact) mass is 183 g/mol. The van der Waals surface area contributed by atoms with Gasteiger partial charge in [-0.25, -0.2) is 0 Å². The highest BCUT2D eigenvalue weighted by Crippen LogP contribution is 2.26. The summed E-state index contributed by atoms with van der Waals surface area (Å²) in [5, 5.41) is 3.65. The minimum Gasteiger partial charge on any atom is -0.314 e. The van der Waals surface area contributed by atoms with Crippen LogP contribution in [0.5, 0.6) is 0 Å². The Bertz CT molecular complexity index is 116. The summed E-state index contributed by atoms with van der Waals surface area (Å²) in [6.07, 6.45) is 9.95. The molecule has 1 saturated carbocycles. The van der Waals surface area contributed by atoms with Crippen LogP contribution >= 0.6 is 0 Å². The second kappa shape index (κ2) is 6.42. The minimum absolute atomic E-state index is 0.756. The Morgan fingerprint density at radius 1 is 1.23 bits per heavy atom. The first-order chi connectivity index (χ1) is 6.34. The zero-order chi connectivity index (χ0) is 9.52. The van der Waals surface area contributed by atoms with E-state index in [-0.39, 0.29) is 0 Å². The van der Waals surface area contributed by atoms with Gasteiger partial charge in [-0.05, 0) is 38.6 Å². The Hall–Kier alpha value is -0.0400. The molecule has 0 unspecified atom stereocenters. The fourth-order valence-corrected chi connectivity index (χ4v) is 2.31. The first-order valence-corrected chi connectivity index (χ1v) is 6.08. The molecule has 1 nitrogen and oxygen atoms in total. The van der Waals surface area contributed by atoms with Gasteiger partial charge in [-0.15, -0.1) is 0 Å². The van der Waals surface area contributed by atoms with E-state index in [0.29, 0.717) is 0 Å². The quantitative estimate of drug-likeness (QED) is 0.645. The van der Waals surface area contributed by atoms with Crippen LogP contribution in [0.2, 0.25) is 0 Å². The van der Waals surface area contributed by atoms with E-state index in [1.54, 1.807) is 0 Å². The molecule has 0 bridgehead atoms. The van der Waals surface area contributed by atoms with E-state index in [1.165, 1.54) is 51.5 Å². The highest BCUT2D eigenvalue weighted by molar-refractivity contribution is 4.75. The largest absolute Gasteiger partial charge is 0.314 e. The van der Waals surface area contributed by atoms with Crippen molar-refractivity contribution in [2.75, 3.05) is 6.54 Å². The second-order valence-corrected chi connectivity index (χ2v) is 4.49. The summed E-state index contributed by atoms with van der Waals surface area (Å²) >= 11 is 0. The first kappa shape index (κ1) is 11.0. The van der Waals surface area contributed by atoms with Crippen molar-refractivity contribution in [3.05, 3.63) is 0 Å². The van der Waals surface area contributed by atoms with Crippen molar-refractivity contribution in [1.82, 2.24) is 5.32 Å². The summed E-state index contributed by atoms with van der Waals surface area (Å²) in [5.41, 5.74) is 0. The van der Waals surface area contributed by atoms with E-state index >= 15 is 0 Å². The molecule has 0 aromatic carbocycles. The molecular weight excluding hydrogens is 158 g/mol. The third-order valence-corrected chi connectivity index (χ3v) is 3.35. The van der Waals surface area contributed by atoms with E-state index in [0.717, 1.165) is 12.0 Å². The van der Waals surface area contributed by atoms with Crippen LogP contribution in [0.25, 0.3) is 0 Å². The van der Waals surface area contributed by atoms with Crippen LogP contribution in [0, 0.1) is 5.92 Å². The topological polar surface area (TPSA) is 12.0 Å². The van der Waals surface area contributed by atoms with E-state index in [1.807, 2.05) is 0 Å². The molecule has 1 N–H and O–H groups in total. The van der Waals surface area contributed by atoms with Crippen molar-refractivity contribution < 1.29 is 0 Å². The summed E-state index contributed by atoms with van der Waals surface area (Å²) in [4.78, 5) is 0. The van der Waals surface area contributed by atoms with Crippen molar-refractivity contribution in [2.45, 2.75) is 64.8 Å². The average Bonchev–Trinajstić information content (AvgIpc) is 2.19. The fraction of sp³-hybridized carbons (Fsp3) is 1.00. The molecule has 13 heavy (non-hydrogen) atoms. The summed E-state index contributed by atoms with van der Waals surface area (Å²) < 4.78 is 0. The molecule has 0 amide bonds. The van der Waals surface area contributed by atoms with Crippen molar-refractivity contribution in [3.8, 4) is 0 Å². The molecule has 1 fully saturated rings. The van der Waals surface area contributed by atoms with Gasteiger partial charge in [-0.2, -0.15) is 0 Å².